The number of rotatable bonds is 7. The van der Waals surface area contributed by atoms with Crippen LogP contribution in [0.4, 0.5) is 5.69 Å². The van der Waals surface area contributed by atoms with E-state index in [-0.39, 0.29) is 17.3 Å². The summed E-state index contributed by atoms with van der Waals surface area (Å²) >= 11 is 1.42. The Balaban J connectivity index is 1.46. The second-order valence-electron chi connectivity index (χ2n) is 6.60. The summed E-state index contributed by atoms with van der Waals surface area (Å²) in [5.41, 5.74) is 1.12. The Labute approximate surface area is 167 Å². The van der Waals surface area contributed by atoms with E-state index in [1.807, 2.05) is 0 Å². The predicted octanol–water partition coefficient (Wildman–Crippen LogP) is 3.75. The Bertz CT molecular complexity index is 1090. The largest absolute Gasteiger partial charge is 0.347 e. The SMILES string of the molecule is O=C(NCc1ccccc1NS(=O)(=O)c1ccccc1)c1cnc(C2CC2)s1. The summed E-state index contributed by atoms with van der Waals surface area (Å²) in [7, 11) is -3.70. The second-order valence-corrected chi connectivity index (χ2v) is 9.34. The molecule has 4 rings (SSSR count). The van der Waals surface area contributed by atoms with E-state index in [0.29, 0.717) is 22.0 Å². The van der Waals surface area contributed by atoms with E-state index in [1.165, 1.54) is 23.5 Å². The van der Waals surface area contributed by atoms with Crippen molar-refractivity contribution in [1.29, 1.82) is 0 Å². The number of benzene rings is 2. The number of nitrogens with zero attached hydrogens (tertiary/aromatic N) is 1. The average molecular weight is 414 g/mol. The van der Waals surface area contributed by atoms with Crippen LogP contribution in [0.3, 0.4) is 0 Å². The van der Waals surface area contributed by atoms with Crippen LogP contribution in [0.5, 0.6) is 0 Å². The molecule has 0 aliphatic heterocycles. The lowest BCUT2D eigenvalue weighted by Crippen LogP contribution is -2.23. The van der Waals surface area contributed by atoms with E-state index in [1.54, 1.807) is 48.7 Å². The van der Waals surface area contributed by atoms with Crippen LogP contribution in [0, 0.1) is 0 Å². The van der Waals surface area contributed by atoms with E-state index in [0.717, 1.165) is 17.8 Å². The third-order valence-corrected chi connectivity index (χ3v) is 6.97. The standard InChI is InChI=1S/C20H19N3O3S2/c24-19(18-13-22-20(27-18)14-10-11-14)21-12-15-6-4-5-9-17(15)23-28(25,26)16-7-2-1-3-8-16/h1-9,13-14,23H,10-12H2,(H,21,24). The lowest BCUT2D eigenvalue weighted by atomic mass is 10.2. The van der Waals surface area contributed by atoms with Crippen LogP contribution in [0.1, 0.15) is 39.0 Å². The predicted molar refractivity (Wildman–Crippen MR) is 109 cm³/mol. The molecule has 6 nitrogen and oxygen atoms in total. The third kappa shape index (κ3) is 4.23. The molecule has 0 bridgehead atoms. The molecule has 0 atom stereocenters. The van der Waals surface area contributed by atoms with Crippen LogP contribution < -0.4 is 10.0 Å². The molecule has 1 aromatic heterocycles. The van der Waals surface area contributed by atoms with Gasteiger partial charge in [0.1, 0.15) is 4.88 Å². The first-order valence-electron chi connectivity index (χ1n) is 8.92. The van der Waals surface area contributed by atoms with Crippen molar-refractivity contribution in [2.45, 2.75) is 30.2 Å². The smallest absolute Gasteiger partial charge is 0.263 e. The Kier molecular flexibility index (Phi) is 5.15. The van der Waals surface area contributed by atoms with Gasteiger partial charge in [0.15, 0.2) is 0 Å². The maximum absolute atomic E-state index is 12.6. The monoisotopic (exact) mass is 413 g/mol. The molecule has 1 heterocycles. The number of carbonyl (C=O) groups is 1. The van der Waals surface area contributed by atoms with Gasteiger partial charge in [-0.25, -0.2) is 13.4 Å². The minimum absolute atomic E-state index is 0.186. The fourth-order valence-corrected chi connectivity index (χ4v) is 4.88. The summed E-state index contributed by atoms with van der Waals surface area (Å²) in [5.74, 6) is 0.310. The van der Waals surface area contributed by atoms with Crippen molar-refractivity contribution < 1.29 is 13.2 Å². The number of hydrogen-bond donors (Lipinski definition) is 2. The molecule has 3 aromatic rings. The van der Waals surface area contributed by atoms with Gasteiger partial charge in [-0.3, -0.25) is 9.52 Å². The van der Waals surface area contributed by atoms with Crippen molar-refractivity contribution in [2.24, 2.45) is 0 Å². The number of sulfonamides is 1. The van der Waals surface area contributed by atoms with Gasteiger partial charge in [-0.05, 0) is 36.6 Å². The molecule has 0 saturated heterocycles. The zero-order valence-electron chi connectivity index (χ0n) is 15.0. The van der Waals surface area contributed by atoms with Crippen LogP contribution in [-0.4, -0.2) is 19.3 Å². The summed E-state index contributed by atoms with van der Waals surface area (Å²) in [5, 5.41) is 3.87. The summed E-state index contributed by atoms with van der Waals surface area (Å²) in [6.07, 6.45) is 3.89. The molecule has 1 amide bonds. The minimum atomic E-state index is -3.70. The maximum Gasteiger partial charge on any atom is 0.263 e. The number of para-hydroxylation sites is 1. The van der Waals surface area contributed by atoms with E-state index < -0.39 is 10.0 Å². The molecule has 0 radical (unpaired) electrons. The molecule has 1 aliphatic rings. The van der Waals surface area contributed by atoms with Gasteiger partial charge < -0.3 is 5.32 Å². The normalized spacial score (nSPS) is 13.9. The van der Waals surface area contributed by atoms with Gasteiger partial charge in [0.05, 0.1) is 21.8 Å². The summed E-state index contributed by atoms with van der Waals surface area (Å²) in [6, 6.07) is 15.2. The lowest BCUT2D eigenvalue weighted by molar-refractivity contribution is 0.0955. The van der Waals surface area contributed by atoms with Crippen molar-refractivity contribution in [3.05, 3.63) is 76.2 Å². The lowest BCUT2D eigenvalue weighted by Gasteiger charge is -2.13. The Morgan fingerprint density at radius 1 is 1.07 bits per heavy atom. The zero-order valence-corrected chi connectivity index (χ0v) is 16.6. The molecule has 1 saturated carbocycles. The summed E-state index contributed by atoms with van der Waals surface area (Å²) < 4.78 is 27.8. The van der Waals surface area contributed by atoms with Crippen LogP contribution >= 0.6 is 11.3 Å². The molecular formula is C20H19N3O3S2. The van der Waals surface area contributed by atoms with Gasteiger partial charge in [0.2, 0.25) is 0 Å². The summed E-state index contributed by atoms with van der Waals surface area (Å²) in [4.78, 5) is 17.5. The van der Waals surface area contributed by atoms with Gasteiger partial charge in [0, 0.05) is 12.5 Å². The zero-order chi connectivity index (χ0) is 19.6. The quantitative estimate of drug-likeness (QED) is 0.617. The molecular weight excluding hydrogens is 394 g/mol. The molecule has 2 N–H and O–H groups in total. The Morgan fingerprint density at radius 3 is 2.54 bits per heavy atom. The van der Waals surface area contributed by atoms with Crippen LogP contribution in [-0.2, 0) is 16.6 Å². The van der Waals surface area contributed by atoms with Crippen molar-refractivity contribution in [2.75, 3.05) is 4.72 Å². The molecule has 144 valence electrons. The highest BCUT2D eigenvalue weighted by Crippen LogP contribution is 2.41. The first kappa shape index (κ1) is 18.6. The van der Waals surface area contributed by atoms with Gasteiger partial charge in [-0.15, -0.1) is 11.3 Å². The number of anilines is 1. The van der Waals surface area contributed by atoms with Crippen molar-refractivity contribution >= 4 is 33.0 Å². The van der Waals surface area contributed by atoms with Gasteiger partial charge in [0.25, 0.3) is 15.9 Å². The first-order chi connectivity index (χ1) is 13.5. The third-order valence-electron chi connectivity index (χ3n) is 4.43. The van der Waals surface area contributed by atoms with E-state index >= 15 is 0 Å². The number of thiazole rings is 1. The molecule has 1 aliphatic carbocycles. The van der Waals surface area contributed by atoms with Gasteiger partial charge >= 0.3 is 0 Å². The summed E-state index contributed by atoms with van der Waals surface area (Å²) in [6.45, 7) is 0.211. The van der Waals surface area contributed by atoms with Gasteiger partial charge in [-0.2, -0.15) is 0 Å². The van der Waals surface area contributed by atoms with Crippen LogP contribution in [0.15, 0.2) is 65.7 Å². The number of nitrogens with one attached hydrogen (secondary N) is 2. The molecule has 2 aromatic carbocycles. The molecule has 1 fully saturated rings. The first-order valence-corrected chi connectivity index (χ1v) is 11.2. The Hall–Kier alpha value is -2.71. The number of hydrogen-bond acceptors (Lipinski definition) is 5. The number of carbonyl (C=O) groups excluding carboxylic acids is 1. The van der Waals surface area contributed by atoms with Crippen molar-refractivity contribution in [1.82, 2.24) is 10.3 Å². The highest BCUT2D eigenvalue weighted by molar-refractivity contribution is 7.92. The highest BCUT2D eigenvalue weighted by Gasteiger charge is 2.27. The molecule has 28 heavy (non-hydrogen) atoms. The molecule has 0 unspecified atom stereocenters. The molecule has 8 heteroatoms. The second kappa shape index (κ2) is 7.73. The van der Waals surface area contributed by atoms with E-state index in [4.69, 9.17) is 0 Å². The number of aromatic nitrogens is 1. The molecule has 0 spiro atoms. The van der Waals surface area contributed by atoms with Crippen molar-refractivity contribution in [3.63, 3.8) is 0 Å². The minimum Gasteiger partial charge on any atom is -0.347 e. The van der Waals surface area contributed by atoms with Crippen molar-refractivity contribution in [3.8, 4) is 0 Å². The maximum atomic E-state index is 12.6. The fourth-order valence-electron chi connectivity index (χ4n) is 2.75. The highest BCUT2D eigenvalue weighted by atomic mass is 32.2. The number of amides is 1. The van der Waals surface area contributed by atoms with Crippen LogP contribution in [0.25, 0.3) is 0 Å². The van der Waals surface area contributed by atoms with Gasteiger partial charge in [-0.1, -0.05) is 36.4 Å². The fraction of sp³-hybridized carbons (Fsp3) is 0.200. The Morgan fingerprint density at radius 2 is 1.79 bits per heavy atom. The van der Waals surface area contributed by atoms with Crippen LogP contribution in [0.2, 0.25) is 0 Å². The average Bonchev–Trinajstić information content (AvgIpc) is 3.44. The van der Waals surface area contributed by atoms with E-state index in [9.17, 15) is 13.2 Å². The van der Waals surface area contributed by atoms with E-state index in [2.05, 4.69) is 15.0 Å². The topological polar surface area (TPSA) is 88.2 Å².